The van der Waals surface area contributed by atoms with E-state index in [4.69, 9.17) is 0 Å². The molecule has 0 aromatic heterocycles. The maximum absolute atomic E-state index is 12.2. The molecule has 0 bridgehead atoms. The van der Waals surface area contributed by atoms with Gasteiger partial charge < -0.3 is 10.4 Å². The first-order valence-corrected chi connectivity index (χ1v) is 8.30. The van der Waals surface area contributed by atoms with Gasteiger partial charge in [0, 0.05) is 12.7 Å². The standard InChI is InChI=1S/C14H19NO4S/c1-14(2,20(3,18)19)13(17)15-12-10-7-5-4-6-9(10)8-11(12)16/h4-7,11-12,16H,8H2,1-3H3,(H,15,17)/t11-,12+/m0/s1. The number of fused-ring (bicyclic) bond motifs is 1. The van der Waals surface area contributed by atoms with Gasteiger partial charge in [-0.05, 0) is 25.0 Å². The van der Waals surface area contributed by atoms with Crippen molar-refractivity contribution in [3.05, 3.63) is 35.4 Å². The molecule has 1 aliphatic carbocycles. The van der Waals surface area contributed by atoms with Gasteiger partial charge in [0.1, 0.15) is 4.75 Å². The number of hydrogen-bond donors (Lipinski definition) is 2. The van der Waals surface area contributed by atoms with Crippen molar-refractivity contribution in [3.8, 4) is 0 Å². The van der Waals surface area contributed by atoms with Gasteiger partial charge in [-0.1, -0.05) is 24.3 Å². The van der Waals surface area contributed by atoms with Crippen molar-refractivity contribution in [1.29, 1.82) is 0 Å². The molecule has 1 amide bonds. The van der Waals surface area contributed by atoms with E-state index in [9.17, 15) is 18.3 Å². The Bertz CT molecular complexity index is 636. The summed E-state index contributed by atoms with van der Waals surface area (Å²) < 4.78 is 21.8. The normalized spacial score (nSPS) is 22.4. The van der Waals surface area contributed by atoms with Crippen molar-refractivity contribution in [2.24, 2.45) is 0 Å². The zero-order valence-corrected chi connectivity index (χ0v) is 12.6. The molecule has 0 saturated carbocycles. The molecule has 0 fully saturated rings. The molecule has 2 atom stereocenters. The molecule has 0 aliphatic heterocycles. The minimum absolute atomic E-state index is 0.459. The topological polar surface area (TPSA) is 83.5 Å². The van der Waals surface area contributed by atoms with Crippen LogP contribution >= 0.6 is 0 Å². The van der Waals surface area contributed by atoms with Crippen LogP contribution in [0.4, 0.5) is 0 Å². The van der Waals surface area contributed by atoms with E-state index in [1.807, 2.05) is 24.3 Å². The molecular weight excluding hydrogens is 278 g/mol. The molecule has 0 heterocycles. The van der Waals surface area contributed by atoms with E-state index in [2.05, 4.69) is 5.32 Å². The number of sulfone groups is 1. The lowest BCUT2D eigenvalue weighted by molar-refractivity contribution is -0.124. The van der Waals surface area contributed by atoms with Gasteiger partial charge in [0.05, 0.1) is 12.1 Å². The Hall–Kier alpha value is -1.40. The second-order valence-electron chi connectivity index (χ2n) is 5.70. The monoisotopic (exact) mass is 297 g/mol. The number of carbonyl (C=O) groups is 1. The third-order valence-corrected chi connectivity index (χ3v) is 6.00. The highest BCUT2D eigenvalue weighted by molar-refractivity contribution is 7.92. The lowest BCUT2D eigenvalue weighted by Gasteiger charge is -2.26. The van der Waals surface area contributed by atoms with E-state index in [0.717, 1.165) is 17.4 Å². The molecular formula is C14H19NO4S. The Balaban J connectivity index is 2.25. The van der Waals surface area contributed by atoms with Crippen LogP contribution in [0.25, 0.3) is 0 Å². The van der Waals surface area contributed by atoms with Crippen molar-refractivity contribution < 1.29 is 18.3 Å². The van der Waals surface area contributed by atoms with Crippen LogP contribution in [0.15, 0.2) is 24.3 Å². The number of amides is 1. The lowest BCUT2D eigenvalue weighted by atomic mass is 10.1. The quantitative estimate of drug-likeness (QED) is 0.855. The number of aliphatic hydroxyl groups is 1. The number of rotatable bonds is 3. The Labute approximate surface area is 118 Å². The van der Waals surface area contributed by atoms with Crippen molar-refractivity contribution >= 4 is 15.7 Å². The Morgan fingerprint density at radius 3 is 2.55 bits per heavy atom. The van der Waals surface area contributed by atoms with Crippen LogP contribution < -0.4 is 5.32 Å². The third-order valence-electron chi connectivity index (χ3n) is 3.96. The van der Waals surface area contributed by atoms with Gasteiger partial charge in [-0.2, -0.15) is 0 Å². The van der Waals surface area contributed by atoms with E-state index in [-0.39, 0.29) is 0 Å². The highest BCUT2D eigenvalue weighted by Gasteiger charge is 2.41. The molecule has 0 radical (unpaired) electrons. The predicted molar refractivity (Wildman–Crippen MR) is 76.0 cm³/mol. The summed E-state index contributed by atoms with van der Waals surface area (Å²) in [6.45, 7) is 2.73. The molecule has 0 spiro atoms. The fourth-order valence-corrected chi connectivity index (χ4v) is 2.63. The third kappa shape index (κ3) is 2.45. The Kier molecular flexibility index (Phi) is 3.64. The average Bonchev–Trinajstić information content (AvgIpc) is 2.64. The van der Waals surface area contributed by atoms with Gasteiger partial charge in [0.2, 0.25) is 5.91 Å². The number of hydrogen-bond acceptors (Lipinski definition) is 4. The molecule has 110 valence electrons. The number of aliphatic hydroxyl groups excluding tert-OH is 1. The van der Waals surface area contributed by atoms with E-state index in [1.54, 1.807) is 0 Å². The van der Waals surface area contributed by atoms with Crippen LogP contribution in [-0.4, -0.2) is 36.5 Å². The largest absolute Gasteiger partial charge is 0.390 e. The van der Waals surface area contributed by atoms with Gasteiger partial charge in [-0.3, -0.25) is 4.79 Å². The van der Waals surface area contributed by atoms with Crippen LogP contribution in [0.2, 0.25) is 0 Å². The SMILES string of the molecule is CC(C)(C(=O)N[C@@H]1c2ccccc2C[C@@H]1O)S(C)(=O)=O. The number of carbonyl (C=O) groups excluding carboxylic acids is 1. The minimum atomic E-state index is -3.53. The summed E-state index contributed by atoms with van der Waals surface area (Å²) in [5.41, 5.74) is 1.82. The van der Waals surface area contributed by atoms with Gasteiger partial charge in [0.25, 0.3) is 0 Å². The first-order chi connectivity index (χ1) is 9.14. The first kappa shape index (κ1) is 15.0. The molecule has 1 aliphatic rings. The van der Waals surface area contributed by atoms with Crippen LogP contribution in [-0.2, 0) is 21.1 Å². The smallest absolute Gasteiger partial charge is 0.241 e. The summed E-state index contributed by atoms with van der Waals surface area (Å²) in [5.74, 6) is -0.597. The molecule has 1 aromatic carbocycles. The fraction of sp³-hybridized carbons (Fsp3) is 0.500. The van der Waals surface area contributed by atoms with E-state index in [1.165, 1.54) is 13.8 Å². The molecule has 20 heavy (non-hydrogen) atoms. The molecule has 0 unspecified atom stereocenters. The molecule has 0 saturated heterocycles. The molecule has 6 heteroatoms. The Morgan fingerprint density at radius 2 is 1.95 bits per heavy atom. The summed E-state index contributed by atoms with van der Waals surface area (Å²) in [7, 11) is -3.53. The van der Waals surface area contributed by atoms with Crippen molar-refractivity contribution in [2.45, 2.75) is 37.2 Å². The van der Waals surface area contributed by atoms with Crippen molar-refractivity contribution in [1.82, 2.24) is 5.32 Å². The first-order valence-electron chi connectivity index (χ1n) is 6.41. The van der Waals surface area contributed by atoms with E-state index in [0.29, 0.717) is 6.42 Å². The molecule has 5 nitrogen and oxygen atoms in total. The van der Waals surface area contributed by atoms with Crippen molar-refractivity contribution in [3.63, 3.8) is 0 Å². The zero-order chi connectivity index (χ0) is 15.1. The lowest BCUT2D eigenvalue weighted by Crippen LogP contribution is -2.49. The van der Waals surface area contributed by atoms with E-state index < -0.39 is 32.6 Å². The van der Waals surface area contributed by atoms with Crippen LogP contribution in [0.1, 0.15) is 31.0 Å². The maximum Gasteiger partial charge on any atom is 0.241 e. The summed E-state index contributed by atoms with van der Waals surface area (Å²) in [5, 5.41) is 12.7. The summed E-state index contributed by atoms with van der Waals surface area (Å²) in [6.07, 6.45) is 0.762. The highest BCUT2D eigenvalue weighted by Crippen LogP contribution is 2.32. The number of nitrogens with one attached hydrogen (secondary N) is 1. The maximum atomic E-state index is 12.2. The number of benzene rings is 1. The van der Waals surface area contributed by atoms with Crippen LogP contribution in [0.5, 0.6) is 0 Å². The average molecular weight is 297 g/mol. The van der Waals surface area contributed by atoms with Crippen LogP contribution in [0.3, 0.4) is 0 Å². The second kappa shape index (κ2) is 4.86. The zero-order valence-electron chi connectivity index (χ0n) is 11.8. The summed E-state index contributed by atoms with van der Waals surface area (Å²) >= 11 is 0. The molecule has 1 aromatic rings. The van der Waals surface area contributed by atoms with Crippen LogP contribution in [0, 0.1) is 0 Å². The molecule has 2 N–H and O–H groups in total. The summed E-state index contributed by atoms with van der Waals surface area (Å²) in [4.78, 5) is 12.2. The second-order valence-corrected chi connectivity index (χ2v) is 8.27. The highest BCUT2D eigenvalue weighted by atomic mass is 32.2. The van der Waals surface area contributed by atoms with Gasteiger partial charge in [-0.25, -0.2) is 8.42 Å². The summed E-state index contributed by atoms with van der Waals surface area (Å²) in [6, 6.07) is 6.88. The predicted octanol–water partition coefficient (Wildman–Crippen LogP) is 0.584. The van der Waals surface area contributed by atoms with E-state index >= 15 is 0 Å². The minimum Gasteiger partial charge on any atom is -0.390 e. The van der Waals surface area contributed by atoms with Gasteiger partial charge >= 0.3 is 0 Å². The Morgan fingerprint density at radius 1 is 1.35 bits per heavy atom. The van der Waals surface area contributed by atoms with Crippen molar-refractivity contribution in [2.75, 3.05) is 6.26 Å². The fourth-order valence-electron chi connectivity index (χ4n) is 2.23. The molecule has 2 rings (SSSR count). The van der Waals surface area contributed by atoms with Gasteiger partial charge in [-0.15, -0.1) is 0 Å². The van der Waals surface area contributed by atoms with Gasteiger partial charge in [0.15, 0.2) is 9.84 Å².